The molecule has 0 bridgehead atoms. The Kier molecular flexibility index (Phi) is 5.24. The Labute approximate surface area is 234 Å². The van der Waals surface area contributed by atoms with E-state index in [9.17, 15) is 0 Å². The maximum Gasteiger partial charge on any atom is 0.192 e. The summed E-state index contributed by atoms with van der Waals surface area (Å²) in [7, 11) is 0. The third-order valence-electron chi connectivity index (χ3n) is 7.09. The first-order valence-electron chi connectivity index (χ1n) is 13.1. The Morgan fingerprint density at radius 2 is 1.05 bits per heavy atom. The van der Waals surface area contributed by atoms with Crippen molar-refractivity contribution in [3.8, 4) is 39.3 Å². The Morgan fingerprint density at radius 3 is 1.73 bits per heavy atom. The van der Waals surface area contributed by atoms with Gasteiger partial charge >= 0.3 is 0 Å². The van der Waals surface area contributed by atoms with Crippen LogP contribution < -0.4 is 0 Å². The summed E-state index contributed by atoms with van der Waals surface area (Å²) in [5, 5.41) is 3.19. The fourth-order valence-electron chi connectivity index (χ4n) is 5.24. The van der Waals surface area contributed by atoms with E-state index in [1.54, 1.807) is 11.3 Å². The highest BCUT2D eigenvalue weighted by atomic mass is 32.1. The van der Waals surface area contributed by atoms with Crippen LogP contribution in [0.25, 0.3) is 71.3 Å². The van der Waals surface area contributed by atoms with E-state index in [-0.39, 0.29) is 0 Å². The highest BCUT2D eigenvalue weighted by Crippen LogP contribution is 2.38. The summed E-state index contributed by atoms with van der Waals surface area (Å²) in [6, 6.07) is 43.5. The molecule has 0 amide bonds. The molecule has 8 aromatic rings. The molecule has 0 aliphatic carbocycles. The van der Waals surface area contributed by atoms with E-state index in [2.05, 4.69) is 65.2 Å². The Bertz CT molecular complexity index is 2090. The summed E-state index contributed by atoms with van der Waals surface area (Å²) < 4.78 is 3.41. The first-order valence-corrected chi connectivity index (χ1v) is 13.9. The molecule has 0 radical (unpaired) electrons. The second kappa shape index (κ2) is 9.22. The summed E-state index contributed by atoms with van der Waals surface area (Å²) in [6.45, 7) is 0. The predicted octanol–water partition coefficient (Wildman–Crippen LogP) is 8.58. The van der Waals surface area contributed by atoms with Gasteiger partial charge in [0, 0.05) is 27.6 Å². The van der Waals surface area contributed by atoms with Gasteiger partial charge in [-0.2, -0.15) is 0 Å². The first-order chi connectivity index (χ1) is 19.8. The smallest absolute Gasteiger partial charge is 0.192 e. The minimum atomic E-state index is 0.578. The molecular formula is C34H21N5S. The number of hydrogen-bond donors (Lipinski definition) is 0. The minimum absolute atomic E-state index is 0.578. The maximum absolute atomic E-state index is 5.06. The van der Waals surface area contributed by atoms with Crippen molar-refractivity contribution < 1.29 is 0 Å². The summed E-state index contributed by atoms with van der Waals surface area (Å²) in [5.41, 5.74) is 6.25. The number of hydrogen-bond acceptors (Lipinski definition) is 5. The largest absolute Gasteiger partial charge is 0.309 e. The summed E-state index contributed by atoms with van der Waals surface area (Å²) in [6.07, 6.45) is 0. The average molecular weight is 532 g/mol. The normalized spacial score (nSPS) is 11.5. The summed E-state index contributed by atoms with van der Waals surface area (Å²) in [5.74, 6) is 1.85. The molecule has 0 saturated heterocycles. The van der Waals surface area contributed by atoms with Gasteiger partial charge in [-0.3, -0.25) is 0 Å². The zero-order chi connectivity index (χ0) is 26.5. The molecule has 3 heterocycles. The number of fused-ring (bicyclic) bond motifs is 4. The van der Waals surface area contributed by atoms with Crippen molar-refractivity contribution in [2.75, 3.05) is 0 Å². The van der Waals surface area contributed by atoms with Gasteiger partial charge in [-0.15, -0.1) is 11.3 Å². The molecule has 3 aromatic heterocycles. The van der Waals surface area contributed by atoms with Crippen LogP contribution in [0.2, 0.25) is 0 Å². The van der Waals surface area contributed by atoms with Crippen LogP contribution in [0.3, 0.4) is 0 Å². The quantitative estimate of drug-likeness (QED) is 0.228. The monoisotopic (exact) mass is 531 g/mol. The lowest BCUT2D eigenvalue weighted by atomic mass is 10.1. The van der Waals surface area contributed by atoms with Crippen LogP contribution >= 0.6 is 11.3 Å². The van der Waals surface area contributed by atoms with E-state index in [1.807, 2.05) is 66.7 Å². The van der Waals surface area contributed by atoms with Crippen molar-refractivity contribution in [3.63, 3.8) is 0 Å². The van der Waals surface area contributed by atoms with Crippen LogP contribution in [0.1, 0.15) is 0 Å². The molecule has 188 valence electrons. The van der Waals surface area contributed by atoms with Crippen LogP contribution in [0.15, 0.2) is 127 Å². The van der Waals surface area contributed by atoms with Gasteiger partial charge in [0.25, 0.3) is 0 Å². The van der Waals surface area contributed by atoms with E-state index in [4.69, 9.17) is 19.9 Å². The molecule has 0 unspecified atom stereocenters. The van der Waals surface area contributed by atoms with E-state index in [1.165, 1.54) is 16.3 Å². The van der Waals surface area contributed by atoms with Gasteiger partial charge in [-0.05, 0) is 30.3 Å². The number of para-hydroxylation sites is 2. The summed E-state index contributed by atoms with van der Waals surface area (Å²) in [4.78, 5) is 19.7. The molecule has 0 atom stereocenters. The molecule has 0 N–H and O–H groups in total. The summed E-state index contributed by atoms with van der Waals surface area (Å²) >= 11 is 1.61. The zero-order valence-electron chi connectivity index (χ0n) is 21.3. The van der Waals surface area contributed by atoms with Gasteiger partial charge in [-0.1, -0.05) is 97.1 Å². The van der Waals surface area contributed by atoms with Gasteiger partial charge < -0.3 is 4.57 Å². The molecule has 8 rings (SSSR count). The van der Waals surface area contributed by atoms with Crippen molar-refractivity contribution in [2.45, 2.75) is 0 Å². The van der Waals surface area contributed by atoms with Crippen LogP contribution in [0.5, 0.6) is 0 Å². The van der Waals surface area contributed by atoms with E-state index in [0.717, 1.165) is 37.6 Å². The van der Waals surface area contributed by atoms with Crippen LogP contribution in [-0.4, -0.2) is 24.5 Å². The second-order valence-electron chi connectivity index (χ2n) is 9.58. The van der Waals surface area contributed by atoms with Crippen LogP contribution in [0.4, 0.5) is 0 Å². The molecular weight excluding hydrogens is 510 g/mol. The molecule has 0 fully saturated rings. The van der Waals surface area contributed by atoms with Crippen LogP contribution in [0, 0.1) is 0 Å². The second-order valence-corrected chi connectivity index (χ2v) is 10.6. The van der Waals surface area contributed by atoms with E-state index in [0.29, 0.717) is 17.5 Å². The van der Waals surface area contributed by atoms with Gasteiger partial charge in [0.15, 0.2) is 22.5 Å². The Morgan fingerprint density at radius 1 is 0.475 bits per heavy atom. The SMILES string of the molecule is c1ccc(-c2nc(-c3ccccc3)nc(-c3nc4cc5c(cc4s3)c3ccccc3n5-c3ccccc3)n2)cc1. The number of benzene rings is 5. The van der Waals surface area contributed by atoms with Crippen LogP contribution in [-0.2, 0) is 0 Å². The Balaban J connectivity index is 1.35. The van der Waals surface area contributed by atoms with Gasteiger partial charge in [-0.25, -0.2) is 19.9 Å². The standard InChI is InChI=1S/C34H21N5S/c1-4-12-22(13-5-1)31-36-32(23-14-6-2-7-15-23)38-33(37-31)34-35-27-21-29-26(20-30(27)40-34)25-18-10-11-19-28(25)39(29)24-16-8-3-9-17-24/h1-21H. The topological polar surface area (TPSA) is 56.5 Å². The zero-order valence-corrected chi connectivity index (χ0v) is 22.1. The third-order valence-corrected chi connectivity index (χ3v) is 8.10. The van der Waals surface area contributed by atoms with Crippen molar-refractivity contribution in [2.24, 2.45) is 0 Å². The van der Waals surface area contributed by atoms with E-state index >= 15 is 0 Å². The molecule has 40 heavy (non-hydrogen) atoms. The molecule has 0 aliphatic rings. The van der Waals surface area contributed by atoms with Crippen molar-refractivity contribution in [3.05, 3.63) is 127 Å². The minimum Gasteiger partial charge on any atom is -0.309 e. The lowest BCUT2D eigenvalue weighted by Gasteiger charge is -2.07. The first kappa shape index (κ1) is 22.8. The highest BCUT2D eigenvalue weighted by Gasteiger charge is 2.18. The van der Waals surface area contributed by atoms with Crippen molar-refractivity contribution in [1.29, 1.82) is 0 Å². The lowest BCUT2D eigenvalue weighted by Crippen LogP contribution is -1.99. The van der Waals surface area contributed by atoms with Crippen molar-refractivity contribution >= 4 is 43.4 Å². The number of thiazole rings is 1. The van der Waals surface area contributed by atoms with Gasteiger partial charge in [0.1, 0.15) is 0 Å². The fraction of sp³-hybridized carbons (Fsp3) is 0. The third kappa shape index (κ3) is 3.77. The Hall–Kier alpha value is -5.20. The molecule has 5 nitrogen and oxygen atoms in total. The van der Waals surface area contributed by atoms with Crippen molar-refractivity contribution in [1.82, 2.24) is 24.5 Å². The number of nitrogens with zero attached hydrogens (tertiary/aromatic N) is 5. The fourth-order valence-corrected chi connectivity index (χ4v) is 6.17. The molecule has 0 spiro atoms. The molecule has 0 saturated carbocycles. The van der Waals surface area contributed by atoms with Gasteiger partial charge in [0.05, 0.1) is 21.3 Å². The predicted molar refractivity (Wildman–Crippen MR) is 164 cm³/mol. The highest BCUT2D eigenvalue weighted by molar-refractivity contribution is 7.21. The molecule has 6 heteroatoms. The number of rotatable bonds is 4. The van der Waals surface area contributed by atoms with E-state index < -0.39 is 0 Å². The number of aromatic nitrogens is 5. The average Bonchev–Trinajstić information content (AvgIpc) is 3.59. The maximum atomic E-state index is 5.06. The lowest BCUT2D eigenvalue weighted by molar-refractivity contribution is 1.07. The molecule has 0 aliphatic heterocycles. The molecule has 5 aromatic carbocycles. The van der Waals surface area contributed by atoms with Gasteiger partial charge in [0.2, 0.25) is 0 Å².